The van der Waals surface area contributed by atoms with Gasteiger partial charge in [-0.25, -0.2) is 4.98 Å². The minimum absolute atomic E-state index is 0.980. The molecule has 0 bridgehead atoms. The first-order chi connectivity index (χ1) is 8.22. The van der Waals surface area contributed by atoms with Crippen molar-refractivity contribution >= 4 is 27.3 Å². The number of benzene rings is 1. The third kappa shape index (κ3) is 2.94. The molecule has 0 aliphatic rings. The molecule has 17 heavy (non-hydrogen) atoms. The third-order valence-corrected chi connectivity index (χ3v) is 4.69. The molecule has 0 radical (unpaired) electrons. The molecule has 90 valence electrons. The number of halogens is 1. The first-order valence-corrected chi connectivity index (χ1v) is 7.19. The van der Waals surface area contributed by atoms with Crippen molar-refractivity contribution in [3.63, 3.8) is 0 Å². The van der Waals surface area contributed by atoms with Crippen LogP contribution in [0.1, 0.15) is 10.4 Å². The van der Waals surface area contributed by atoms with E-state index < -0.39 is 0 Å². The van der Waals surface area contributed by atoms with Gasteiger partial charge in [-0.1, -0.05) is 24.3 Å². The minimum Gasteiger partial charge on any atom is -0.319 e. The zero-order valence-corrected chi connectivity index (χ0v) is 12.4. The zero-order valence-electron chi connectivity index (χ0n) is 9.96. The molecule has 0 saturated heterocycles. The largest absolute Gasteiger partial charge is 0.319 e. The van der Waals surface area contributed by atoms with Gasteiger partial charge >= 0.3 is 0 Å². The van der Waals surface area contributed by atoms with Crippen LogP contribution in [0.15, 0.2) is 28.9 Å². The van der Waals surface area contributed by atoms with Crippen LogP contribution in [0.2, 0.25) is 0 Å². The Morgan fingerprint density at radius 1 is 1.35 bits per heavy atom. The van der Waals surface area contributed by atoms with Crippen molar-refractivity contribution in [1.82, 2.24) is 10.3 Å². The minimum atomic E-state index is 0.980. The van der Waals surface area contributed by atoms with Crippen LogP contribution in [0.4, 0.5) is 0 Å². The molecule has 0 atom stereocenters. The molecule has 0 aliphatic heterocycles. The molecule has 1 aromatic heterocycles. The van der Waals surface area contributed by atoms with Crippen molar-refractivity contribution in [2.75, 3.05) is 13.6 Å². The second kappa shape index (κ2) is 5.76. The lowest BCUT2D eigenvalue weighted by Crippen LogP contribution is -2.09. The van der Waals surface area contributed by atoms with E-state index in [0.29, 0.717) is 0 Å². The molecule has 0 aliphatic carbocycles. The Labute approximate surface area is 114 Å². The highest BCUT2D eigenvalue weighted by atomic mass is 79.9. The highest BCUT2D eigenvalue weighted by Crippen LogP contribution is 2.32. The Morgan fingerprint density at radius 2 is 2.12 bits per heavy atom. The Hall–Kier alpha value is -0.710. The molecule has 0 fully saturated rings. The van der Waals surface area contributed by atoms with Crippen LogP contribution in [0.3, 0.4) is 0 Å². The number of hydrogen-bond donors (Lipinski definition) is 1. The quantitative estimate of drug-likeness (QED) is 0.932. The van der Waals surface area contributed by atoms with Gasteiger partial charge < -0.3 is 5.32 Å². The van der Waals surface area contributed by atoms with Crippen LogP contribution in [0, 0.1) is 6.92 Å². The molecule has 0 spiro atoms. The first kappa shape index (κ1) is 12.7. The maximum Gasteiger partial charge on any atom is 0.125 e. The highest BCUT2D eigenvalue weighted by molar-refractivity contribution is 9.10. The fourth-order valence-electron chi connectivity index (χ4n) is 1.65. The molecule has 2 aromatic rings. The molecule has 1 N–H and O–H groups in total. The number of nitrogens with zero attached hydrogens (tertiary/aromatic N) is 1. The summed E-state index contributed by atoms with van der Waals surface area (Å²) in [4.78, 5) is 5.91. The van der Waals surface area contributed by atoms with Crippen LogP contribution in [-0.2, 0) is 6.42 Å². The van der Waals surface area contributed by atoms with Crippen LogP contribution in [-0.4, -0.2) is 18.6 Å². The summed E-state index contributed by atoms with van der Waals surface area (Å²) in [6.07, 6.45) is 1.01. The van der Waals surface area contributed by atoms with Crippen molar-refractivity contribution in [3.05, 3.63) is 39.3 Å². The fourth-order valence-corrected chi connectivity index (χ4v) is 3.43. The number of aryl methyl sites for hydroxylation is 1. The second-order valence-corrected chi connectivity index (χ2v) is 5.74. The number of rotatable bonds is 4. The van der Waals surface area contributed by atoms with Gasteiger partial charge in [0.2, 0.25) is 0 Å². The third-order valence-electron chi connectivity index (χ3n) is 2.63. The molecule has 2 nitrogen and oxygen atoms in total. The van der Waals surface area contributed by atoms with Crippen LogP contribution >= 0.6 is 27.3 Å². The average Bonchev–Trinajstić information content (AvgIpc) is 2.68. The summed E-state index contributed by atoms with van der Waals surface area (Å²) in [5.74, 6) is 0. The highest BCUT2D eigenvalue weighted by Gasteiger charge is 2.11. The van der Waals surface area contributed by atoms with Crippen LogP contribution < -0.4 is 5.32 Å². The summed E-state index contributed by atoms with van der Waals surface area (Å²) in [5.41, 5.74) is 2.50. The lowest BCUT2D eigenvalue weighted by molar-refractivity contribution is 0.796. The number of thiazole rings is 1. The summed E-state index contributed by atoms with van der Waals surface area (Å²) in [6, 6.07) is 8.37. The van der Waals surface area contributed by atoms with E-state index in [1.54, 1.807) is 11.3 Å². The molecule has 4 heteroatoms. The van der Waals surface area contributed by atoms with Gasteiger partial charge in [-0.3, -0.25) is 0 Å². The summed E-state index contributed by atoms with van der Waals surface area (Å²) in [7, 11) is 1.97. The summed E-state index contributed by atoms with van der Waals surface area (Å²) < 4.78 is 0.982. The van der Waals surface area contributed by atoms with Gasteiger partial charge in [0.25, 0.3) is 0 Å². The summed E-state index contributed by atoms with van der Waals surface area (Å²) >= 11 is 5.31. The van der Waals surface area contributed by atoms with Crippen molar-refractivity contribution < 1.29 is 0 Å². The lowest BCUT2D eigenvalue weighted by Gasteiger charge is -2.00. The van der Waals surface area contributed by atoms with Crippen molar-refractivity contribution in [1.29, 1.82) is 0 Å². The van der Waals surface area contributed by atoms with E-state index in [9.17, 15) is 0 Å². The standard InChI is InChI=1S/C13H15BrN2S/c1-9-5-3-4-6-10(9)13-16-12(14)11(17-13)7-8-15-2/h3-6,15H,7-8H2,1-2H3. The van der Waals surface area contributed by atoms with E-state index in [1.807, 2.05) is 7.05 Å². The van der Waals surface area contributed by atoms with Crippen molar-refractivity contribution in [3.8, 4) is 10.6 Å². The fraction of sp³-hybridized carbons (Fsp3) is 0.308. The van der Waals surface area contributed by atoms with E-state index >= 15 is 0 Å². The summed E-state index contributed by atoms with van der Waals surface area (Å²) in [5, 5.41) is 4.26. The number of nitrogens with one attached hydrogen (secondary N) is 1. The topological polar surface area (TPSA) is 24.9 Å². The summed E-state index contributed by atoms with van der Waals surface area (Å²) in [6.45, 7) is 3.10. The van der Waals surface area contributed by atoms with E-state index in [-0.39, 0.29) is 0 Å². The van der Waals surface area contributed by atoms with Crippen molar-refractivity contribution in [2.24, 2.45) is 0 Å². The van der Waals surface area contributed by atoms with Gasteiger partial charge in [-0.05, 0) is 48.4 Å². The SMILES string of the molecule is CNCCc1sc(-c2ccccc2C)nc1Br. The maximum atomic E-state index is 4.60. The van der Waals surface area contributed by atoms with Gasteiger partial charge in [0.1, 0.15) is 9.61 Å². The molecule has 0 unspecified atom stereocenters. The monoisotopic (exact) mass is 310 g/mol. The molecule has 1 heterocycles. The molecule has 1 aromatic carbocycles. The predicted molar refractivity (Wildman–Crippen MR) is 77.6 cm³/mol. The van der Waals surface area contributed by atoms with E-state index in [2.05, 4.69) is 57.4 Å². The van der Waals surface area contributed by atoms with Gasteiger partial charge in [-0.2, -0.15) is 0 Å². The zero-order chi connectivity index (χ0) is 12.3. The van der Waals surface area contributed by atoms with Crippen LogP contribution in [0.25, 0.3) is 10.6 Å². The number of aromatic nitrogens is 1. The molecular weight excluding hydrogens is 296 g/mol. The normalized spacial score (nSPS) is 10.8. The van der Waals surface area contributed by atoms with Crippen LogP contribution in [0.5, 0.6) is 0 Å². The van der Waals surface area contributed by atoms with Gasteiger partial charge in [0.05, 0.1) is 0 Å². The van der Waals surface area contributed by atoms with E-state index in [4.69, 9.17) is 0 Å². The Kier molecular flexibility index (Phi) is 4.31. The lowest BCUT2D eigenvalue weighted by atomic mass is 10.1. The van der Waals surface area contributed by atoms with E-state index in [1.165, 1.54) is 16.0 Å². The second-order valence-electron chi connectivity index (χ2n) is 3.90. The van der Waals surface area contributed by atoms with Gasteiger partial charge in [0, 0.05) is 10.4 Å². The molecule has 2 rings (SSSR count). The van der Waals surface area contributed by atoms with E-state index in [0.717, 1.165) is 22.6 Å². The Balaban J connectivity index is 2.31. The predicted octanol–water partition coefficient (Wildman–Crippen LogP) is 3.64. The first-order valence-electron chi connectivity index (χ1n) is 5.58. The van der Waals surface area contributed by atoms with Gasteiger partial charge in [-0.15, -0.1) is 11.3 Å². The molecule has 0 amide bonds. The molecule has 0 saturated carbocycles. The average molecular weight is 311 g/mol. The smallest absolute Gasteiger partial charge is 0.125 e. The van der Waals surface area contributed by atoms with Gasteiger partial charge in [0.15, 0.2) is 0 Å². The number of hydrogen-bond acceptors (Lipinski definition) is 3. The maximum absolute atomic E-state index is 4.60. The Morgan fingerprint density at radius 3 is 2.82 bits per heavy atom. The molecular formula is C13H15BrN2S. The van der Waals surface area contributed by atoms with Crippen molar-refractivity contribution in [2.45, 2.75) is 13.3 Å². The number of likely N-dealkylation sites (N-methyl/N-ethyl adjacent to an activating group) is 1. The Bertz CT molecular complexity index is 508.